The van der Waals surface area contributed by atoms with Crippen LogP contribution in [0, 0.1) is 6.92 Å². The summed E-state index contributed by atoms with van der Waals surface area (Å²) in [5.74, 6) is 0.0421. The molecule has 0 saturated heterocycles. The van der Waals surface area contributed by atoms with Gasteiger partial charge in [0, 0.05) is 27.8 Å². The van der Waals surface area contributed by atoms with Gasteiger partial charge in [-0.3, -0.25) is 4.79 Å². The van der Waals surface area contributed by atoms with Crippen LogP contribution in [0.2, 0.25) is 0 Å². The Bertz CT molecular complexity index is 890. The number of benzene rings is 2. The molecule has 1 aliphatic carbocycles. The first-order chi connectivity index (χ1) is 12.2. The summed E-state index contributed by atoms with van der Waals surface area (Å²) in [5, 5.41) is 3.03. The fraction of sp³-hybridized carbons (Fsp3) is 0.227. The van der Waals surface area contributed by atoms with Crippen molar-refractivity contribution in [1.29, 1.82) is 0 Å². The van der Waals surface area contributed by atoms with Crippen molar-refractivity contribution >= 4 is 17.2 Å². The summed E-state index contributed by atoms with van der Waals surface area (Å²) in [5.41, 5.74) is 4.63. The van der Waals surface area contributed by atoms with Gasteiger partial charge in [0.05, 0.1) is 0 Å². The Labute approximate surface area is 152 Å². The normalized spacial score (nSPS) is 13.6. The maximum Gasteiger partial charge on any atom is 0.251 e. The van der Waals surface area contributed by atoms with Crippen LogP contribution in [-0.2, 0) is 6.42 Å². The molecule has 2 nitrogen and oxygen atoms in total. The van der Waals surface area contributed by atoms with Crippen LogP contribution in [-0.4, -0.2) is 11.9 Å². The highest BCUT2D eigenvalue weighted by molar-refractivity contribution is 7.15. The number of carbonyl (C=O) groups excluding carboxylic acids is 1. The Morgan fingerprint density at radius 2 is 1.80 bits per heavy atom. The second-order valence-corrected chi connectivity index (χ2v) is 7.86. The van der Waals surface area contributed by atoms with Crippen molar-refractivity contribution in [2.75, 3.05) is 0 Å². The lowest BCUT2D eigenvalue weighted by Gasteiger charge is -2.04. The fourth-order valence-electron chi connectivity index (χ4n) is 2.91. The highest BCUT2D eigenvalue weighted by atomic mass is 32.1. The highest BCUT2D eigenvalue weighted by Gasteiger charge is 2.23. The van der Waals surface area contributed by atoms with E-state index in [1.807, 2.05) is 35.6 Å². The monoisotopic (exact) mass is 347 g/mol. The van der Waals surface area contributed by atoms with E-state index in [9.17, 15) is 4.79 Å². The van der Waals surface area contributed by atoms with Crippen LogP contribution < -0.4 is 5.32 Å². The molecule has 1 aliphatic rings. The van der Waals surface area contributed by atoms with Crippen LogP contribution in [0.5, 0.6) is 0 Å². The Morgan fingerprint density at radius 1 is 1.04 bits per heavy atom. The smallest absolute Gasteiger partial charge is 0.251 e. The van der Waals surface area contributed by atoms with Crippen molar-refractivity contribution in [2.45, 2.75) is 32.2 Å². The van der Waals surface area contributed by atoms with Crippen molar-refractivity contribution in [3.05, 3.63) is 82.2 Å². The van der Waals surface area contributed by atoms with E-state index in [0.29, 0.717) is 6.04 Å². The lowest BCUT2D eigenvalue weighted by molar-refractivity contribution is 0.0951. The topological polar surface area (TPSA) is 29.1 Å². The number of thiophene rings is 1. The zero-order chi connectivity index (χ0) is 17.2. The van der Waals surface area contributed by atoms with Crippen molar-refractivity contribution in [2.24, 2.45) is 0 Å². The Balaban J connectivity index is 1.48. The largest absolute Gasteiger partial charge is 0.349 e. The van der Waals surface area contributed by atoms with Crippen molar-refractivity contribution in [1.82, 2.24) is 5.32 Å². The molecule has 1 amide bonds. The average molecular weight is 347 g/mol. The van der Waals surface area contributed by atoms with Crippen LogP contribution in [0.15, 0.2) is 60.7 Å². The number of rotatable bonds is 5. The third-order valence-corrected chi connectivity index (χ3v) is 5.77. The third-order valence-electron chi connectivity index (χ3n) is 4.63. The second kappa shape index (κ2) is 6.85. The van der Waals surface area contributed by atoms with Gasteiger partial charge in [0.15, 0.2) is 0 Å². The SMILES string of the molecule is Cc1ccccc1Cc1ccc(-c2ccc(C(=O)NC3CC3)cc2)s1. The molecule has 1 N–H and O–H groups in total. The Morgan fingerprint density at radius 3 is 2.52 bits per heavy atom. The maximum absolute atomic E-state index is 12.1. The second-order valence-electron chi connectivity index (χ2n) is 6.69. The van der Waals surface area contributed by atoms with Crippen LogP contribution in [0.4, 0.5) is 0 Å². The summed E-state index contributed by atoms with van der Waals surface area (Å²) in [4.78, 5) is 14.7. The summed E-state index contributed by atoms with van der Waals surface area (Å²) in [6.07, 6.45) is 3.20. The van der Waals surface area contributed by atoms with Gasteiger partial charge in [-0.15, -0.1) is 11.3 Å². The van der Waals surface area contributed by atoms with E-state index >= 15 is 0 Å². The van der Waals surface area contributed by atoms with Gasteiger partial charge in [0.1, 0.15) is 0 Å². The zero-order valence-electron chi connectivity index (χ0n) is 14.3. The molecule has 1 heterocycles. The first kappa shape index (κ1) is 16.1. The van der Waals surface area contributed by atoms with Crippen molar-refractivity contribution in [3.63, 3.8) is 0 Å². The quantitative estimate of drug-likeness (QED) is 0.675. The van der Waals surface area contributed by atoms with Gasteiger partial charge < -0.3 is 5.32 Å². The average Bonchev–Trinajstić information content (AvgIpc) is 3.32. The first-order valence-electron chi connectivity index (χ1n) is 8.73. The van der Waals surface area contributed by atoms with Crippen LogP contribution in [0.25, 0.3) is 10.4 Å². The highest BCUT2D eigenvalue weighted by Crippen LogP contribution is 2.30. The maximum atomic E-state index is 12.1. The molecule has 1 aromatic heterocycles. The van der Waals surface area contributed by atoms with Gasteiger partial charge >= 0.3 is 0 Å². The van der Waals surface area contributed by atoms with Gasteiger partial charge in [0.2, 0.25) is 0 Å². The van der Waals surface area contributed by atoms with Gasteiger partial charge in [-0.1, -0.05) is 36.4 Å². The summed E-state index contributed by atoms with van der Waals surface area (Å²) in [7, 11) is 0. The zero-order valence-corrected chi connectivity index (χ0v) is 15.1. The molecule has 0 radical (unpaired) electrons. The van der Waals surface area contributed by atoms with E-state index in [0.717, 1.165) is 24.8 Å². The molecule has 25 heavy (non-hydrogen) atoms. The number of carbonyl (C=O) groups is 1. The molecule has 4 rings (SSSR count). The molecule has 1 saturated carbocycles. The van der Waals surface area contributed by atoms with Crippen LogP contribution in [0.1, 0.15) is 39.2 Å². The summed E-state index contributed by atoms with van der Waals surface area (Å²) < 4.78 is 0. The van der Waals surface area contributed by atoms with Crippen molar-refractivity contribution in [3.8, 4) is 10.4 Å². The molecular weight excluding hydrogens is 326 g/mol. The molecule has 3 aromatic rings. The molecule has 0 spiro atoms. The summed E-state index contributed by atoms with van der Waals surface area (Å²) in [6.45, 7) is 2.16. The number of amides is 1. The van der Waals surface area contributed by atoms with Gasteiger partial charge in [-0.25, -0.2) is 0 Å². The standard InChI is InChI=1S/C22H21NOS/c1-15-4-2-3-5-18(15)14-20-12-13-21(25-20)16-6-8-17(9-7-16)22(24)23-19-10-11-19/h2-9,12-13,19H,10-11,14H2,1H3,(H,23,24). The molecule has 1 fully saturated rings. The minimum Gasteiger partial charge on any atom is -0.349 e. The fourth-order valence-corrected chi connectivity index (χ4v) is 3.94. The molecule has 0 aliphatic heterocycles. The first-order valence-corrected chi connectivity index (χ1v) is 9.55. The molecule has 0 atom stereocenters. The van der Waals surface area contributed by atoms with Crippen LogP contribution in [0.3, 0.4) is 0 Å². The summed E-state index contributed by atoms with van der Waals surface area (Å²) >= 11 is 1.82. The third kappa shape index (κ3) is 3.83. The molecule has 3 heteroatoms. The lowest BCUT2D eigenvalue weighted by atomic mass is 10.1. The van der Waals surface area contributed by atoms with E-state index in [2.05, 4.69) is 48.6 Å². The van der Waals surface area contributed by atoms with E-state index < -0.39 is 0 Å². The molecule has 2 aromatic carbocycles. The molecule has 0 bridgehead atoms. The van der Waals surface area contributed by atoms with E-state index in [4.69, 9.17) is 0 Å². The van der Waals surface area contributed by atoms with E-state index in [1.165, 1.54) is 26.4 Å². The molecule has 126 valence electrons. The number of nitrogens with one attached hydrogen (secondary N) is 1. The number of aryl methyl sites for hydroxylation is 1. The Hall–Kier alpha value is -2.39. The molecular formula is C22H21NOS. The predicted molar refractivity (Wildman–Crippen MR) is 104 cm³/mol. The summed E-state index contributed by atoms with van der Waals surface area (Å²) in [6, 6.07) is 21.3. The minimum absolute atomic E-state index is 0.0421. The minimum atomic E-state index is 0.0421. The van der Waals surface area contributed by atoms with Crippen LogP contribution >= 0.6 is 11.3 Å². The number of hydrogen-bond acceptors (Lipinski definition) is 2. The van der Waals surface area contributed by atoms with E-state index in [1.54, 1.807) is 0 Å². The number of hydrogen-bond donors (Lipinski definition) is 1. The van der Waals surface area contributed by atoms with E-state index in [-0.39, 0.29) is 5.91 Å². The molecule has 0 unspecified atom stereocenters. The Kier molecular flexibility index (Phi) is 4.41. The lowest BCUT2D eigenvalue weighted by Crippen LogP contribution is -2.25. The van der Waals surface area contributed by atoms with Gasteiger partial charge in [0.25, 0.3) is 5.91 Å². The predicted octanol–water partition coefficient (Wildman–Crippen LogP) is 5.21. The van der Waals surface area contributed by atoms with Crippen molar-refractivity contribution < 1.29 is 4.79 Å². The van der Waals surface area contributed by atoms with Gasteiger partial charge in [-0.2, -0.15) is 0 Å². The van der Waals surface area contributed by atoms with Gasteiger partial charge in [-0.05, 0) is 60.7 Å².